The minimum atomic E-state index is -1.70. The first-order chi connectivity index (χ1) is 12.1. The number of nitrogens with zero attached hydrogens (tertiary/aromatic N) is 3. The zero-order chi connectivity index (χ0) is 17.4. The van der Waals surface area contributed by atoms with E-state index in [9.17, 15) is 9.00 Å². The predicted molar refractivity (Wildman–Crippen MR) is 90.1 cm³/mol. The number of aromatic carboxylic acids is 1. The number of thiazole rings is 1. The summed E-state index contributed by atoms with van der Waals surface area (Å²) in [6.07, 6.45) is 0.867. The molecule has 1 aliphatic rings. The number of carboxylic acid groups (broad SMARTS) is 1. The molecule has 0 fully saturated rings. The summed E-state index contributed by atoms with van der Waals surface area (Å²) >= 11 is 1.37. The van der Waals surface area contributed by atoms with E-state index in [2.05, 4.69) is 24.9 Å². The summed E-state index contributed by atoms with van der Waals surface area (Å²) in [7, 11) is -1.70. The zero-order valence-corrected chi connectivity index (χ0v) is 14.2. The Morgan fingerprint density at radius 1 is 1.40 bits per heavy atom. The normalized spacial score (nSPS) is 13.9. The standard InChI is InChI=1S/C14H11N5O4S2/c20-13(21)11-16-14(18-17-11)19-25(22)10-6-24-12(15-10)8-1-2-9-7(5-8)3-4-23-9/h1-2,5-6H,3-4H2,(H,20,21)(H2,16,17,18,19). The molecule has 1 atom stereocenters. The monoisotopic (exact) mass is 377 g/mol. The van der Waals surface area contributed by atoms with Gasteiger partial charge in [-0.05, 0) is 23.8 Å². The molecule has 4 rings (SSSR count). The van der Waals surface area contributed by atoms with E-state index < -0.39 is 17.0 Å². The van der Waals surface area contributed by atoms with Gasteiger partial charge in [-0.25, -0.2) is 14.0 Å². The summed E-state index contributed by atoms with van der Waals surface area (Å²) < 4.78 is 20.3. The molecule has 9 nitrogen and oxygen atoms in total. The quantitative estimate of drug-likeness (QED) is 0.617. The summed E-state index contributed by atoms with van der Waals surface area (Å²) in [6, 6.07) is 5.85. The Morgan fingerprint density at radius 2 is 2.28 bits per heavy atom. The Balaban J connectivity index is 1.52. The fraction of sp³-hybridized carbons (Fsp3) is 0.143. The number of hydrogen-bond acceptors (Lipinski definition) is 7. The molecule has 0 radical (unpaired) electrons. The van der Waals surface area contributed by atoms with Crippen molar-refractivity contribution in [2.75, 3.05) is 11.3 Å². The van der Waals surface area contributed by atoms with Crippen molar-refractivity contribution in [3.63, 3.8) is 0 Å². The van der Waals surface area contributed by atoms with Gasteiger partial charge in [0.2, 0.25) is 5.82 Å². The Bertz CT molecular complexity index is 983. The molecule has 2 aromatic heterocycles. The van der Waals surface area contributed by atoms with Crippen LogP contribution in [0.3, 0.4) is 0 Å². The Morgan fingerprint density at radius 3 is 3.08 bits per heavy atom. The molecule has 11 heteroatoms. The van der Waals surface area contributed by atoms with E-state index in [4.69, 9.17) is 9.84 Å². The van der Waals surface area contributed by atoms with Gasteiger partial charge in [-0.15, -0.1) is 16.4 Å². The lowest BCUT2D eigenvalue weighted by atomic mass is 10.1. The summed E-state index contributed by atoms with van der Waals surface area (Å²) in [5, 5.41) is 17.4. The van der Waals surface area contributed by atoms with Gasteiger partial charge in [0.1, 0.15) is 10.8 Å². The van der Waals surface area contributed by atoms with Crippen LogP contribution in [0.5, 0.6) is 5.75 Å². The van der Waals surface area contributed by atoms with Crippen molar-refractivity contribution in [1.82, 2.24) is 20.2 Å². The lowest BCUT2D eigenvalue weighted by Crippen LogP contribution is -2.07. The van der Waals surface area contributed by atoms with Crippen molar-refractivity contribution in [3.05, 3.63) is 35.0 Å². The van der Waals surface area contributed by atoms with Gasteiger partial charge in [0.15, 0.2) is 16.0 Å². The van der Waals surface area contributed by atoms with Gasteiger partial charge in [-0.3, -0.25) is 9.82 Å². The number of nitrogens with one attached hydrogen (secondary N) is 2. The lowest BCUT2D eigenvalue weighted by Gasteiger charge is -2.01. The van der Waals surface area contributed by atoms with Gasteiger partial charge in [-0.2, -0.15) is 4.98 Å². The molecular formula is C14H11N5O4S2. The highest BCUT2D eigenvalue weighted by Crippen LogP contribution is 2.32. The number of aromatic nitrogens is 4. The van der Waals surface area contributed by atoms with Crippen LogP contribution in [0.15, 0.2) is 28.6 Å². The van der Waals surface area contributed by atoms with Crippen LogP contribution in [-0.2, 0) is 17.4 Å². The fourth-order valence-electron chi connectivity index (χ4n) is 2.33. The Hall–Kier alpha value is -2.79. The largest absolute Gasteiger partial charge is 0.493 e. The topological polar surface area (TPSA) is 130 Å². The minimum Gasteiger partial charge on any atom is -0.493 e. The number of hydrogen-bond donors (Lipinski definition) is 3. The molecule has 0 saturated heterocycles. The molecule has 25 heavy (non-hydrogen) atoms. The van der Waals surface area contributed by atoms with Crippen molar-refractivity contribution in [2.24, 2.45) is 0 Å². The SMILES string of the molecule is O=C(O)c1nc(NS(=O)c2csc(-c3ccc4c(c3)CCO4)n2)n[nH]1. The number of fused-ring (bicyclic) bond motifs is 1. The summed E-state index contributed by atoms with van der Waals surface area (Å²) in [4.78, 5) is 18.8. The maximum Gasteiger partial charge on any atom is 0.373 e. The maximum absolute atomic E-state index is 12.3. The number of carbonyl (C=O) groups is 1. The zero-order valence-electron chi connectivity index (χ0n) is 12.6. The van der Waals surface area contributed by atoms with E-state index in [1.807, 2.05) is 18.2 Å². The van der Waals surface area contributed by atoms with Crippen molar-refractivity contribution in [1.29, 1.82) is 0 Å². The average Bonchev–Trinajstić information content (AvgIpc) is 3.33. The lowest BCUT2D eigenvalue weighted by molar-refractivity contribution is 0.0684. The molecule has 3 N–H and O–H groups in total. The van der Waals surface area contributed by atoms with Crippen LogP contribution in [0.4, 0.5) is 5.95 Å². The molecule has 0 bridgehead atoms. The van der Waals surface area contributed by atoms with Crippen LogP contribution in [0.1, 0.15) is 16.2 Å². The second-order valence-corrected chi connectivity index (χ2v) is 7.11. The number of H-pyrrole nitrogens is 1. The highest BCUT2D eigenvalue weighted by atomic mass is 32.2. The van der Waals surface area contributed by atoms with Gasteiger partial charge in [0.05, 0.1) is 6.61 Å². The summed E-state index contributed by atoms with van der Waals surface area (Å²) in [5.74, 6) is -0.758. The van der Waals surface area contributed by atoms with E-state index in [-0.39, 0.29) is 11.8 Å². The molecule has 3 heterocycles. The highest BCUT2D eigenvalue weighted by Gasteiger charge is 2.17. The van der Waals surface area contributed by atoms with Crippen LogP contribution >= 0.6 is 11.3 Å². The second kappa shape index (κ2) is 6.26. The van der Waals surface area contributed by atoms with Gasteiger partial charge in [0, 0.05) is 17.4 Å². The number of rotatable bonds is 5. The Kier molecular flexibility index (Phi) is 3.93. The Labute approximate surface area is 147 Å². The molecule has 128 valence electrons. The van der Waals surface area contributed by atoms with Crippen LogP contribution in [0, 0.1) is 0 Å². The van der Waals surface area contributed by atoms with E-state index in [1.54, 1.807) is 5.38 Å². The maximum atomic E-state index is 12.3. The highest BCUT2D eigenvalue weighted by molar-refractivity contribution is 7.86. The van der Waals surface area contributed by atoms with E-state index in [0.29, 0.717) is 11.6 Å². The molecule has 0 spiro atoms. The number of ether oxygens (including phenoxy) is 1. The van der Waals surface area contributed by atoms with Gasteiger partial charge >= 0.3 is 5.97 Å². The first-order valence-electron chi connectivity index (χ1n) is 7.16. The number of carboxylic acids is 1. The summed E-state index contributed by atoms with van der Waals surface area (Å²) in [5.41, 5.74) is 2.07. The van der Waals surface area contributed by atoms with Gasteiger partial charge < -0.3 is 9.84 Å². The van der Waals surface area contributed by atoms with Crippen molar-refractivity contribution in [2.45, 2.75) is 11.4 Å². The van der Waals surface area contributed by atoms with Gasteiger partial charge in [0.25, 0.3) is 5.95 Å². The molecular weight excluding hydrogens is 366 g/mol. The molecule has 1 aromatic carbocycles. The van der Waals surface area contributed by atoms with E-state index in [0.717, 1.165) is 28.3 Å². The fourth-order valence-corrected chi connectivity index (χ4v) is 4.10. The average molecular weight is 377 g/mol. The molecule has 0 saturated carbocycles. The van der Waals surface area contributed by atoms with E-state index >= 15 is 0 Å². The molecule has 3 aromatic rings. The van der Waals surface area contributed by atoms with Crippen LogP contribution in [0.25, 0.3) is 10.6 Å². The van der Waals surface area contributed by atoms with Crippen LogP contribution in [0.2, 0.25) is 0 Å². The molecule has 0 aliphatic carbocycles. The first-order valence-corrected chi connectivity index (χ1v) is 9.19. The van der Waals surface area contributed by atoms with Gasteiger partial charge in [-0.1, -0.05) is 0 Å². The molecule has 1 unspecified atom stereocenters. The van der Waals surface area contributed by atoms with Crippen molar-refractivity contribution < 1.29 is 18.8 Å². The predicted octanol–water partition coefficient (Wildman–Crippen LogP) is 1.70. The third-order valence-electron chi connectivity index (χ3n) is 3.48. The number of anilines is 1. The third kappa shape index (κ3) is 3.10. The first kappa shape index (κ1) is 15.7. The molecule has 0 amide bonds. The van der Waals surface area contributed by atoms with Crippen LogP contribution in [-0.4, -0.2) is 42.1 Å². The second-order valence-electron chi connectivity index (χ2n) is 5.10. The van der Waals surface area contributed by atoms with Crippen LogP contribution < -0.4 is 9.46 Å². The van der Waals surface area contributed by atoms with Crippen molar-refractivity contribution >= 4 is 34.2 Å². The third-order valence-corrected chi connectivity index (χ3v) is 5.48. The smallest absolute Gasteiger partial charge is 0.373 e. The van der Waals surface area contributed by atoms with Crippen molar-refractivity contribution in [3.8, 4) is 16.3 Å². The van der Waals surface area contributed by atoms with E-state index in [1.165, 1.54) is 11.3 Å². The molecule has 1 aliphatic heterocycles. The number of aromatic amines is 1. The number of benzene rings is 1. The summed E-state index contributed by atoms with van der Waals surface area (Å²) in [6.45, 7) is 0.685. The minimum absolute atomic E-state index is 0.0695.